The van der Waals surface area contributed by atoms with Crippen LogP contribution in [0.1, 0.15) is 26.4 Å². The Balaban J connectivity index is 2.01. The summed E-state index contributed by atoms with van der Waals surface area (Å²) in [5.74, 6) is -0.438. The first kappa shape index (κ1) is 13.7. The fourth-order valence-corrected chi connectivity index (χ4v) is 1.66. The van der Waals surface area contributed by atoms with Crippen molar-refractivity contribution in [3.63, 3.8) is 0 Å². The Bertz CT molecular complexity index is 614. The van der Waals surface area contributed by atoms with Gasteiger partial charge >= 0.3 is 0 Å². The smallest absolute Gasteiger partial charge is 0.270 e. The van der Waals surface area contributed by atoms with Gasteiger partial charge in [0.15, 0.2) is 0 Å². The third-order valence-electron chi connectivity index (χ3n) is 2.68. The van der Waals surface area contributed by atoms with Crippen molar-refractivity contribution >= 4 is 11.8 Å². The van der Waals surface area contributed by atoms with Gasteiger partial charge in [0.1, 0.15) is 12.0 Å². The van der Waals surface area contributed by atoms with E-state index >= 15 is 0 Å². The van der Waals surface area contributed by atoms with E-state index in [2.05, 4.69) is 20.6 Å². The average Bonchev–Trinajstić information content (AvgIpc) is 2.53. The molecule has 2 amide bonds. The van der Waals surface area contributed by atoms with Crippen LogP contribution in [-0.2, 0) is 6.54 Å². The monoisotopic (exact) mass is 270 g/mol. The lowest BCUT2D eigenvalue weighted by atomic mass is 10.1. The van der Waals surface area contributed by atoms with Crippen LogP contribution >= 0.6 is 0 Å². The molecular weight excluding hydrogens is 256 g/mol. The van der Waals surface area contributed by atoms with E-state index in [0.717, 1.165) is 5.56 Å². The normalized spacial score (nSPS) is 9.85. The average molecular weight is 270 g/mol. The number of nitrogens with one attached hydrogen (secondary N) is 2. The molecule has 20 heavy (non-hydrogen) atoms. The van der Waals surface area contributed by atoms with Crippen molar-refractivity contribution in [2.45, 2.75) is 6.54 Å². The molecule has 2 rings (SSSR count). The van der Waals surface area contributed by atoms with E-state index < -0.39 is 0 Å². The summed E-state index contributed by atoms with van der Waals surface area (Å²) < 4.78 is 0. The molecule has 1 aromatic heterocycles. The minimum absolute atomic E-state index is 0.158. The molecule has 6 nitrogen and oxygen atoms in total. The van der Waals surface area contributed by atoms with Crippen molar-refractivity contribution < 1.29 is 9.59 Å². The van der Waals surface area contributed by atoms with E-state index in [9.17, 15) is 9.59 Å². The van der Waals surface area contributed by atoms with Crippen LogP contribution in [-0.4, -0.2) is 28.8 Å². The zero-order valence-corrected chi connectivity index (χ0v) is 11.0. The number of carbonyl (C=O) groups excluding carboxylic acids is 2. The Kier molecular flexibility index (Phi) is 4.39. The summed E-state index contributed by atoms with van der Waals surface area (Å²) in [6.07, 6.45) is 2.83. The summed E-state index contributed by atoms with van der Waals surface area (Å²) >= 11 is 0. The van der Waals surface area contributed by atoms with Gasteiger partial charge in [-0.25, -0.2) is 9.97 Å². The van der Waals surface area contributed by atoms with Gasteiger partial charge in [0, 0.05) is 25.4 Å². The minimum Gasteiger partial charge on any atom is -0.355 e. The van der Waals surface area contributed by atoms with Gasteiger partial charge in [-0.1, -0.05) is 12.1 Å². The molecule has 1 heterocycles. The number of carbonyl (C=O) groups is 2. The van der Waals surface area contributed by atoms with Crippen molar-refractivity contribution in [3.05, 3.63) is 59.7 Å². The predicted octanol–water partition coefficient (Wildman–Crippen LogP) is 0.766. The number of nitrogens with zero attached hydrogens (tertiary/aromatic N) is 2. The standard InChI is InChI=1S/C14H14N4O2/c1-15-13(19)11-4-2-3-10(7-11)8-17-14(20)12-5-6-16-9-18-12/h2-7,9H,8H2,1H3,(H,15,19)(H,17,20). The summed E-state index contributed by atoms with van der Waals surface area (Å²) in [6.45, 7) is 0.327. The van der Waals surface area contributed by atoms with Crippen molar-refractivity contribution in [1.82, 2.24) is 20.6 Å². The Morgan fingerprint density at radius 2 is 2.05 bits per heavy atom. The molecule has 2 aromatic rings. The number of hydrogen-bond acceptors (Lipinski definition) is 4. The third kappa shape index (κ3) is 3.38. The van der Waals surface area contributed by atoms with Gasteiger partial charge in [-0.15, -0.1) is 0 Å². The quantitative estimate of drug-likeness (QED) is 0.859. The maximum absolute atomic E-state index is 11.8. The fourth-order valence-electron chi connectivity index (χ4n) is 1.66. The van der Waals surface area contributed by atoms with Gasteiger partial charge in [-0.2, -0.15) is 0 Å². The Hall–Kier alpha value is -2.76. The summed E-state index contributed by atoms with van der Waals surface area (Å²) in [7, 11) is 1.58. The molecule has 0 unspecified atom stereocenters. The maximum Gasteiger partial charge on any atom is 0.270 e. The van der Waals surface area contributed by atoms with Gasteiger partial charge < -0.3 is 10.6 Å². The molecule has 1 aromatic carbocycles. The molecule has 0 aliphatic heterocycles. The van der Waals surface area contributed by atoms with E-state index in [1.165, 1.54) is 18.6 Å². The number of aromatic nitrogens is 2. The van der Waals surface area contributed by atoms with Crippen LogP contribution in [0.5, 0.6) is 0 Å². The number of benzene rings is 1. The number of rotatable bonds is 4. The van der Waals surface area contributed by atoms with Crippen LogP contribution in [0.3, 0.4) is 0 Å². The Labute approximate surface area is 116 Å². The lowest BCUT2D eigenvalue weighted by molar-refractivity contribution is 0.0944. The Morgan fingerprint density at radius 3 is 2.75 bits per heavy atom. The molecule has 0 atom stereocenters. The highest BCUT2D eigenvalue weighted by molar-refractivity contribution is 5.94. The molecule has 0 aliphatic rings. The van der Waals surface area contributed by atoms with Gasteiger partial charge in [0.2, 0.25) is 0 Å². The molecule has 0 bridgehead atoms. The van der Waals surface area contributed by atoms with E-state index in [4.69, 9.17) is 0 Å². The predicted molar refractivity (Wildman–Crippen MR) is 73.0 cm³/mol. The second-order valence-corrected chi connectivity index (χ2v) is 4.06. The zero-order chi connectivity index (χ0) is 14.4. The molecule has 0 spiro atoms. The van der Waals surface area contributed by atoms with E-state index in [1.54, 1.807) is 25.2 Å². The third-order valence-corrected chi connectivity index (χ3v) is 2.68. The molecule has 0 aliphatic carbocycles. The summed E-state index contributed by atoms with van der Waals surface area (Å²) in [4.78, 5) is 30.9. The molecular formula is C14H14N4O2. The fraction of sp³-hybridized carbons (Fsp3) is 0.143. The molecule has 6 heteroatoms. The first-order valence-corrected chi connectivity index (χ1v) is 6.06. The molecule has 0 saturated carbocycles. The molecule has 0 saturated heterocycles. The number of hydrogen-bond donors (Lipinski definition) is 2. The van der Waals surface area contributed by atoms with Crippen molar-refractivity contribution in [2.75, 3.05) is 7.05 Å². The van der Waals surface area contributed by atoms with Gasteiger partial charge in [-0.3, -0.25) is 9.59 Å². The van der Waals surface area contributed by atoms with Gasteiger partial charge in [0.05, 0.1) is 0 Å². The van der Waals surface area contributed by atoms with Crippen LogP contribution in [0.25, 0.3) is 0 Å². The second-order valence-electron chi connectivity index (χ2n) is 4.06. The van der Waals surface area contributed by atoms with E-state index in [0.29, 0.717) is 17.8 Å². The minimum atomic E-state index is -0.280. The topological polar surface area (TPSA) is 84.0 Å². The first-order chi connectivity index (χ1) is 9.70. The van der Waals surface area contributed by atoms with Crippen LogP contribution in [0, 0.1) is 0 Å². The van der Waals surface area contributed by atoms with Crippen LogP contribution in [0.2, 0.25) is 0 Å². The second kappa shape index (κ2) is 6.42. The van der Waals surface area contributed by atoms with E-state index in [1.807, 2.05) is 6.07 Å². The number of amides is 2. The largest absolute Gasteiger partial charge is 0.355 e. The summed E-state index contributed by atoms with van der Waals surface area (Å²) in [5.41, 5.74) is 1.71. The van der Waals surface area contributed by atoms with Gasteiger partial charge in [0.25, 0.3) is 11.8 Å². The molecule has 0 fully saturated rings. The lowest BCUT2D eigenvalue weighted by Gasteiger charge is -2.06. The summed E-state index contributed by atoms with van der Waals surface area (Å²) in [5, 5.41) is 5.29. The highest BCUT2D eigenvalue weighted by atomic mass is 16.2. The highest BCUT2D eigenvalue weighted by Gasteiger charge is 2.07. The summed E-state index contributed by atoms with van der Waals surface area (Å²) in [6, 6.07) is 8.60. The van der Waals surface area contributed by atoms with Crippen molar-refractivity contribution in [1.29, 1.82) is 0 Å². The zero-order valence-electron chi connectivity index (χ0n) is 11.0. The molecule has 102 valence electrons. The van der Waals surface area contributed by atoms with Crippen molar-refractivity contribution in [3.8, 4) is 0 Å². The van der Waals surface area contributed by atoms with Crippen LogP contribution in [0.15, 0.2) is 42.9 Å². The van der Waals surface area contributed by atoms with Crippen LogP contribution < -0.4 is 10.6 Å². The lowest BCUT2D eigenvalue weighted by Crippen LogP contribution is -2.24. The van der Waals surface area contributed by atoms with Crippen molar-refractivity contribution in [2.24, 2.45) is 0 Å². The SMILES string of the molecule is CNC(=O)c1cccc(CNC(=O)c2ccncn2)c1. The Morgan fingerprint density at radius 1 is 1.20 bits per heavy atom. The first-order valence-electron chi connectivity index (χ1n) is 6.06. The molecule has 2 N–H and O–H groups in total. The molecule has 0 radical (unpaired) electrons. The van der Waals surface area contributed by atoms with Gasteiger partial charge in [-0.05, 0) is 23.8 Å². The van der Waals surface area contributed by atoms with Crippen LogP contribution in [0.4, 0.5) is 0 Å². The maximum atomic E-state index is 11.8. The highest BCUT2D eigenvalue weighted by Crippen LogP contribution is 2.05. The van der Waals surface area contributed by atoms with E-state index in [-0.39, 0.29) is 11.8 Å².